The number of nitrogens with one attached hydrogen (secondary N) is 1. The molecule has 1 atom stereocenters. The van der Waals surface area contributed by atoms with Crippen molar-refractivity contribution >= 4 is 0 Å². The second-order valence-corrected chi connectivity index (χ2v) is 4.18. The van der Waals surface area contributed by atoms with E-state index in [1.165, 1.54) is 38.5 Å². The lowest BCUT2D eigenvalue weighted by Crippen LogP contribution is -2.29. The van der Waals surface area contributed by atoms with E-state index in [2.05, 4.69) is 24.9 Å². The van der Waals surface area contributed by atoms with Crippen molar-refractivity contribution in [2.24, 2.45) is 5.92 Å². The van der Waals surface area contributed by atoms with E-state index in [1.807, 2.05) is 0 Å². The van der Waals surface area contributed by atoms with E-state index in [0.717, 1.165) is 12.5 Å². The predicted octanol–water partition coefficient (Wildman–Crippen LogP) is 3.12. The van der Waals surface area contributed by atoms with E-state index in [1.54, 1.807) is 0 Å². The maximum atomic E-state index is 3.89. The summed E-state index contributed by atoms with van der Waals surface area (Å²) in [6.45, 7) is 7.23. The first kappa shape index (κ1) is 10.8. The molecule has 0 aromatic rings. The largest absolute Gasteiger partial charge is 0.311 e. The Morgan fingerprint density at radius 1 is 1.46 bits per heavy atom. The summed E-state index contributed by atoms with van der Waals surface area (Å²) in [5.41, 5.74) is 0. The fourth-order valence-electron chi connectivity index (χ4n) is 2.20. The van der Waals surface area contributed by atoms with E-state index >= 15 is 0 Å². The molecule has 0 bridgehead atoms. The summed E-state index contributed by atoms with van der Waals surface area (Å²) in [7, 11) is 0. The van der Waals surface area contributed by atoms with Crippen molar-refractivity contribution in [3.63, 3.8) is 0 Å². The van der Waals surface area contributed by atoms with E-state index in [9.17, 15) is 0 Å². The van der Waals surface area contributed by atoms with Gasteiger partial charge in [0.05, 0.1) is 0 Å². The second-order valence-electron chi connectivity index (χ2n) is 4.18. The monoisotopic (exact) mass is 181 g/mol. The maximum absolute atomic E-state index is 3.89. The van der Waals surface area contributed by atoms with Crippen molar-refractivity contribution in [1.29, 1.82) is 0 Å². The van der Waals surface area contributed by atoms with Gasteiger partial charge in [-0.25, -0.2) is 0 Å². The fraction of sp³-hybridized carbons (Fsp3) is 0.833. The van der Waals surface area contributed by atoms with Crippen LogP contribution in [0.25, 0.3) is 0 Å². The van der Waals surface area contributed by atoms with Gasteiger partial charge >= 0.3 is 0 Å². The number of hydrogen-bond acceptors (Lipinski definition) is 1. The van der Waals surface area contributed by atoms with Crippen LogP contribution in [0.4, 0.5) is 0 Å². The van der Waals surface area contributed by atoms with Crippen LogP contribution in [0.5, 0.6) is 0 Å². The fourth-order valence-corrected chi connectivity index (χ4v) is 2.20. The van der Waals surface area contributed by atoms with Gasteiger partial charge in [0.25, 0.3) is 0 Å². The summed E-state index contributed by atoms with van der Waals surface area (Å²) in [4.78, 5) is 0. The van der Waals surface area contributed by atoms with Gasteiger partial charge in [-0.15, -0.1) is 6.58 Å². The van der Waals surface area contributed by atoms with Crippen molar-refractivity contribution in [2.75, 3.05) is 6.54 Å². The van der Waals surface area contributed by atoms with Gasteiger partial charge in [0.15, 0.2) is 0 Å². The van der Waals surface area contributed by atoms with Crippen LogP contribution in [0, 0.1) is 5.92 Å². The lowest BCUT2D eigenvalue weighted by atomic mass is 9.98. The number of rotatable bonds is 6. The van der Waals surface area contributed by atoms with Crippen molar-refractivity contribution in [1.82, 2.24) is 5.32 Å². The Morgan fingerprint density at radius 3 is 2.69 bits per heavy atom. The van der Waals surface area contributed by atoms with Gasteiger partial charge in [0.2, 0.25) is 0 Å². The minimum Gasteiger partial charge on any atom is -0.311 e. The maximum Gasteiger partial charge on any atom is 0.0250 e. The molecular weight excluding hydrogens is 158 g/mol. The van der Waals surface area contributed by atoms with E-state index in [-0.39, 0.29) is 0 Å². The molecule has 1 nitrogen and oxygen atoms in total. The Balaban J connectivity index is 2.17. The van der Waals surface area contributed by atoms with Crippen LogP contribution in [0.15, 0.2) is 12.7 Å². The molecule has 1 rings (SSSR count). The predicted molar refractivity (Wildman–Crippen MR) is 58.9 cm³/mol. The topological polar surface area (TPSA) is 12.0 Å². The molecule has 1 N–H and O–H groups in total. The average Bonchev–Trinajstić information content (AvgIpc) is 2.64. The standard InChI is InChI=1S/C12H23N/c1-3-9-13-12(4-2)10-11-7-5-6-8-11/h4,11-13H,2-3,5-10H2,1H3. The molecule has 0 aliphatic heterocycles. The van der Waals surface area contributed by atoms with Crippen LogP contribution < -0.4 is 5.32 Å². The van der Waals surface area contributed by atoms with Gasteiger partial charge in [-0.05, 0) is 25.3 Å². The zero-order chi connectivity index (χ0) is 9.52. The molecule has 13 heavy (non-hydrogen) atoms. The number of hydrogen-bond donors (Lipinski definition) is 1. The quantitative estimate of drug-likeness (QED) is 0.621. The summed E-state index contributed by atoms with van der Waals surface area (Å²) < 4.78 is 0. The third kappa shape index (κ3) is 3.95. The van der Waals surface area contributed by atoms with Crippen LogP contribution in [-0.4, -0.2) is 12.6 Å². The zero-order valence-electron chi connectivity index (χ0n) is 8.89. The van der Waals surface area contributed by atoms with Crippen molar-refractivity contribution in [3.8, 4) is 0 Å². The van der Waals surface area contributed by atoms with Crippen LogP contribution in [-0.2, 0) is 0 Å². The summed E-state index contributed by atoms with van der Waals surface area (Å²) in [5.74, 6) is 0.965. The highest BCUT2D eigenvalue weighted by molar-refractivity contribution is 4.88. The molecule has 0 aromatic carbocycles. The van der Waals surface area contributed by atoms with Gasteiger partial charge in [-0.3, -0.25) is 0 Å². The van der Waals surface area contributed by atoms with Gasteiger partial charge in [-0.2, -0.15) is 0 Å². The normalized spacial score (nSPS) is 20.4. The smallest absolute Gasteiger partial charge is 0.0250 e. The Hall–Kier alpha value is -0.300. The van der Waals surface area contributed by atoms with Crippen LogP contribution in [0.1, 0.15) is 45.4 Å². The Bertz CT molecular complexity index is 136. The van der Waals surface area contributed by atoms with Gasteiger partial charge in [0, 0.05) is 6.04 Å². The van der Waals surface area contributed by atoms with Crippen molar-refractivity contribution in [3.05, 3.63) is 12.7 Å². The third-order valence-corrected chi connectivity index (χ3v) is 3.00. The zero-order valence-corrected chi connectivity index (χ0v) is 8.89. The average molecular weight is 181 g/mol. The lowest BCUT2D eigenvalue weighted by Gasteiger charge is -2.18. The summed E-state index contributed by atoms with van der Waals surface area (Å²) >= 11 is 0. The van der Waals surface area contributed by atoms with E-state index in [4.69, 9.17) is 0 Å². The molecular formula is C12H23N. The van der Waals surface area contributed by atoms with Crippen LogP contribution in [0.2, 0.25) is 0 Å². The minimum atomic E-state index is 0.558. The van der Waals surface area contributed by atoms with E-state index < -0.39 is 0 Å². The minimum absolute atomic E-state index is 0.558. The lowest BCUT2D eigenvalue weighted by molar-refractivity contribution is 0.430. The molecule has 1 unspecified atom stereocenters. The van der Waals surface area contributed by atoms with Gasteiger partial charge < -0.3 is 5.32 Å². The molecule has 0 saturated heterocycles. The van der Waals surface area contributed by atoms with Crippen LogP contribution in [0.3, 0.4) is 0 Å². The molecule has 1 fully saturated rings. The third-order valence-electron chi connectivity index (χ3n) is 3.00. The molecule has 1 heteroatoms. The van der Waals surface area contributed by atoms with Gasteiger partial charge in [0.1, 0.15) is 0 Å². The Morgan fingerprint density at radius 2 is 2.15 bits per heavy atom. The first-order valence-corrected chi connectivity index (χ1v) is 5.72. The molecule has 0 spiro atoms. The summed E-state index contributed by atoms with van der Waals surface area (Å²) in [5, 5.41) is 3.53. The SMILES string of the molecule is C=CC(CC1CCCC1)NCCC. The molecule has 76 valence electrons. The van der Waals surface area contributed by atoms with Crippen molar-refractivity contribution in [2.45, 2.75) is 51.5 Å². The molecule has 0 heterocycles. The molecule has 1 aliphatic rings. The molecule has 0 amide bonds. The van der Waals surface area contributed by atoms with E-state index in [0.29, 0.717) is 6.04 Å². The van der Waals surface area contributed by atoms with Crippen LogP contribution >= 0.6 is 0 Å². The first-order valence-electron chi connectivity index (χ1n) is 5.72. The second kappa shape index (κ2) is 6.20. The molecule has 0 aromatic heterocycles. The molecule has 1 saturated carbocycles. The van der Waals surface area contributed by atoms with Crippen molar-refractivity contribution < 1.29 is 0 Å². The summed E-state index contributed by atoms with van der Waals surface area (Å²) in [6.07, 6.45) is 10.4. The summed E-state index contributed by atoms with van der Waals surface area (Å²) in [6, 6.07) is 0.558. The highest BCUT2D eigenvalue weighted by Crippen LogP contribution is 2.28. The molecule has 0 radical (unpaired) electrons. The van der Waals surface area contributed by atoms with Gasteiger partial charge in [-0.1, -0.05) is 38.7 Å². The highest BCUT2D eigenvalue weighted by atomic mass is 14.9. The Labute approximate surface area is 82.6 Å². The highest BCUT2D eigenvalue weighted by Gasteiger charge is 2.17. The Kier molecular flexibility index (Phi) is 5.14. The first-order chi connectivity index (χ1) is 6.36. The molecule has 1 aliphatic carbocycles.